The van der Waals surface area contributed by atoms with Gasteiger partial charge in [-0.05, 0) is 56.8 Å². The zero-order chi connectivity index (χ0) is 28.6. The fourth-order valence-electron chi connectivity index (χ4n) is 4.13. The maximum absolute atomic E-state index is 12.5. The van der Waals surface area contributed by atoms with Gasteiger partial charge in [-0.15, -0.1) is 0 Å². The second-order valence-corrected chi connectivity index (χ2v) is 26.4. The fraction of sp³-hybridized carbons (Fsp3) is 0.708. The highest BCUT2D eigenvalue weighted by molar-refractivity contribution is 6.91. The van der Waals surface area contributed by atoms with Gasteiger partial charge in [-0.2, -0.15) is 13.2 Å². The van der Waals surface area contributed by atoms with E-state index in [0.717, 1.165) is 36.3 Å². The number of carbonyl (C=O) groups excluding carboxylic acids is 1. The first-order chi connectivity index (χ1) is 17.5. The van der Waals surface area contributed by atoms with Crippen LogP contribution < -0.4 is 10.5 Å². The van der Waals surface area contributed by atoms with E-state index in [0.29, 0.717) is 18.9 Å². The van der Waals surface area contributed by atoms with Gasteiger partial charge in [-0.25, -0.2) is 0 Å². The van der Waals surface area contributed by atoms with E-state index < -0.39 is 52.7 Å². The van der Waals surface area contributed by atoms with Gasteiger partial charge in [-0.3, -0.25) is 4.79 Å². The molecule has 3 atom stereocenters. The molecule has 0 radical (unpaired) electrons. The molecule has 0 bridgehead atoms. The van der Waals surface area contributed by atoms with Crippen LogP contribution in [0.3, 0.4) is 0 Å². The van der Waals surface area contributed by atoms with Gasteiger partial charge >= 0.3 is 14.7 Å². The molecule has 1 fully saturated rings. The van der Waals surface area contributed by atoms with E-state index in [1.165, 1.54) is 0 Å². The van der Waals surface area contributed by atoms with Crippen molar-refractivity contribution < 1.29 is 40.1 Å². The Hall–Kier alpha value is -0.852. The molecule has 1 N–H and O–H groups in total. The highest BCUT2D eigenvalue weighted by Crippen LogP contribution is 2.25. The van der Waals surface area contributed by atoms with Crippen molar-refractivity contribution in [3.8, 4) is 0 Å². The van der Waals surface area contributed by atoms with Gasteiger partial charge in [0.25, 0.3) is 9.28 Å². The molecular formula is C24H44F3NO6Si4. The van der Waals surface area contributed by atoms with Crippen molar-refractivity contribution in [3.05, 3.63) is 24.3 Å². The topological polar surface area (TPSA) is 78.6 Å². The van der Waals surface area contributed by atoms with E-state index in [-0.39, 0.29) is 6.10 Å². The highest BCUT2D eigenvalue weighted by atomic mass is 28.5. The summed E-state index contributed by atoms with van der Waals surface area (Å²) in [5.74, 6) is -1.05. The third-order valence-corrected chi connectivity index (χ3v) is 21.3. The summed E-state index contributed by atoms with van der Waals surface area (Å²) in [5.41, 5.74) is 0.398. The SMILES string of the molecule is CO[Si](C)(CCCOCC1CO1)O[SiH](C)O[Si](C)(C)CC[Si](C)(C)c1cccc(NC(=O)CC(F)(F)F)c1. The van der Waals surface area contributed by atoms with Gasteiger partial charge in [0, 0.05) is 19.4 Å². The number of epoxide rings is 1. The van der Waals surface area contributed by atoms with Gasteiger partial charge < -0.3 is 27.4 Å². The third kappa shape index (κ3) is 13.0. The molecule has 1 saturated heterocycles. The van der Waals surface area contributed by atoms with Crippen molar-refractivity contribution in [1.29, 1.82) is 0 Å². The Balaban J connectivity index is 1.86. The molecule has 1 aliphatic rings. The van der Waals surface area contributed by atoms with Crippen LogP contribution in [0.5, 0.6) is 0 Å². The lowest BCUT2D eigenvalue weighted by Crippen LogP contribution is -2.48. The van der Waals surface area contributed by atoms with Crippen molar-refractivity contribution in [2.45, 2.75) is 82.5 Å². The molecule has 1 aromatic carbocycles. The maximum atomic E-state index is 12.5. The number of halogens is 3. The number of benzene rings is 1. The second kappa shape index (κ2) is 14.2. The first kappa shape index (κ1) is 33.4. The van der Waals surface area contributed by atoms with Crippen LogP contribution in [0, 0.1) is 0 Å². The Morgan fingerprint density at radius 1 is 1.13 bits per heavy atom. The molecular weight excluding hydrogens is 568 g/mol. The zero-order valence-corrected chi connectivity index (χ0v) is 27.9. The lowest BCUT2D eigenvalue weighted by molar-refractivity contribution is -0.150. The van der Waals surface area contributed by atoms with Crippen molar-refractivity contribution >= 4 is 51.0 Å². The lowest BCUT2D eigenvalue weighted by atomic mass is 10.3. The van der Waals surface area contributed by atoms with Crippen molar-refractivity contribution in [2.24, 2.45) is 0 Å². The number of rotatable bonds is 17. The molecule has 0 aromatic heterocycles. The number of amides is 1. The van der Waals surface area contributed by atoms with Crippen LogP contribution in [0.15, 0.2) is 24.3 Å². The van der Waals surface area contributed by atoms with Gasteiger partial charge in [0.1, 0.15) is 12.5 Å². The van der Waals surface area contributed by atoms with Crippen LogP contribution in [0.2, 0.25) is 57.4 Å². The summed E-state index contributed by atoms with van der Waals surface area (Å²) in [7, 11) is -6.52. The zero-order valence-electron chi connectivity index (χ0n) is 23.7. The van der Waals surface area contributed by atoms with Gasteiger partial charge in [0.15, 0.2) is 8.32 Å². The summed E-state index contributed by atoms with van der Waals surface area (Å²) < 4.78 is 67.2. The van der Waals surface area contributed by atoms with Crippen LogP contribution in [0.1, 0.15) is 12.8 Å². The summed E-state index contributed by atoms with van der Waals surface area (Å²) >= 11 is 0. The summed E-state index contributed by atoms with van der Waals surface area (Å²) in [6, 6.07) is 9.98. The Bertz CT molecular complexity index is 904. The molecule has 1 amide bonds. The average molecular weight is 612 g/mol. The number of ether oxygens (including phenoxy) is 2. The minimum Gasteiger partial charge on any atom is -0.439 e. The molecule has 7 nitrogen and oxygen atoms in total. The Morgan fingerprint density at radius 2 is 1.82 bits per heavy atom. The minimum absolute atomic E-state index is 0.270. The van der Waals surface area contributed by atoms with Gasteiger partial charge in [-0.1, -0.05) is 36.5 Å². The normalized spacial score (nSPS) is 18.6. The Labute approximate surface area is 230 Å². The molecule has 0 aliphatic carbocycles. The first-order valence-corrected chi connectivity index (χ1v) is 24.0. The smallest absolute Gasteiger partial charge is 0.397 e. The number of carbonyl (C=O) groups is 1. The summed E-state index contributed by atoms with van der Waals surface area (Å²) in [5, 5.41) is 3.47. The molecule has 1 aromatic rings. The van der Waals surface area contributed by atoms with Crippen LogP contribution in [-0.2, 0) is 26.9 Å². The molecule has 1 heterocycles. The number of alkyl halides is 3. The average Bonchev–Trinajstić information content (AvgIpc) is 3.60. The number of anilines is 1. The van der Waals surface area contributed by atoms with E-state index in [1.807, 2.05) is 12.1 Å². The van der Waals surface area contributed by atoms with Crippen LogP contribution in [-0.4, -0.2) is 79.4 Å². The molecule has 3 unspecified atom stereocenters. The predicted octanol–water partition coefficient (Wildman–Crippen LogP) is 5.11. The Kier molecular flexibility index (Phi) is 12.4. The maximum Gasteiger partial charge on any atom is 0.397 e. The highest BCUT2D eigenvalue weighted by Gasteiger charge is 2.37. The quantitative estimate of drug-likeness (QED) is 0.150. The molecule has 218 valence electrons. The molecule has 38 heavy (non-hydrogen) atoms. The van der Waals surface area contributed by atoms with Crippen molar-refractivity contribution in [2.75, 3.05) is 32.2 Å². The second-order valence-electron chi connectivity index (χ2n) is 11.3. The van der Waals surface area contributed by atoms with Crippen molar-refractivity contribution in [1.82, 2.24) is 0 Å². The van der Waals surface area contributed by atoms with Crippen LogP contribution in [0.25, 0.3) is 0 Å². The molecule has 14 heteroatoms. The summed E-state index contributed by atoms with van der Waals surface area (Å²) in [4.78, 5) is 11.7. The van der Waals surface area contributed by atoms with E-state index >= 15 is 0 Å². The summed E-state index contributed by atoms with van der Waals surface area (Å²) in [6.07, 6.45) is -4.88. The first-order valence-electron chi connectivity index (χ1n) is 13.1. The monoisotopic (exact) mass is 611 g/mol. The minimum atomic E-state index is -4.53. The largest absolute Gasteiger partial charge is 0.439 e. The van der Waals surface area contributed by atoms with Gasteiger partial charge in [0.05, 0.1) is 21.3 Å². The van der Waals surface area contributed by atoms with E-state index in [1.54, 1.807) is 19.2 Å². The number of nitrogens with one attached hydrogen (secondary N) is 1. The third-order valence-electron chi connectivity index (χ3n) is 6.60. The molecule has 0 spiro atoms. The molecule has 2 rings (SSSR count). The molecule has 1 aliphatic heterocycles. The van der Waals surface area contributed by atoms with E-state index in [2.05, 4.69) is 44.6 Å². The van der Waals surface area contributed by atoms with Gasteiger partial charge in [0.2, 0.25) is 5.91 Å². The molecule has 0 saturated carbocycles. The Morgan fingerprint density at radius 3 is 2.42 bits per heavy atom. The van der Waals surface area contributed by atoms with E-state index in [9.17, 15) is 18.0 Å². The number of hydrogen-bond donors (Lipinski definition) is 1. The van der Waals surface area contributed by atoms with E-state index in [4.69, 9.17) is 22.1 Å². The van der Waals surface area contributed by atoms with Crippen molar-refractivity contribution in [3.63, 3.8) is 0 Å². The predicted molar refractivity (Wildman–Crippen MR) is 154 cm³/mol. The fourth-order valence-corrected chi connectivity index (χ4v) is 19.8. The summed E-state index contributed by atoms with van der Waals surface area (Å²) in [6.45, 7) is 15.1. The number of hydrogen-bond acceptors (Lipinski definition) is 6. The van der Waals surface area contributed by atoms with Crippen LogP contribution in [0.4, 0.5) is 18.9 Å². The lowest BCUT2D eigenvalue weighted by Gasteiger charge is -2.34. The van der Waals surface area contributed by atoms with Crippen LogP contribution >= 0.6 is 0 Å². The standard InChI is InChI=1S/C24H44F3NO6Si4/c1-30-38(7,13-9-12-31-18-21-19-32-21)34-35(2)33-37(5,6)15-14-36(3,4)22-11-8-10-20(16-22)28-23(29)17-24(25,26)27/h8,10-11,16,21,35H,9,12-15,17-19H2,1-7H3,(H,28,29).